The van der Waals surface area contributed by atoms with Gasteiger partial charge in [-0.25, -0.2) is 0 Å². The maximum atomic E-state index is 12.7. The number of ether oxygens (including phenoxy) is 3. The zero-order valence-electron chi connectivity index (χ0n) is 34.8. The number of allylic oxidation sites excluding steroid dienone is 6. The van der Waals surface area contributed by atoms with E-state index in [4.69, 9.17) is 14.2 Å². The molecule has 0 N–H and O–H groups in total. The fourth-order valence-corrected chi connectivity index (χ4v) is 6.25. The van der Waals surface area contributed by atoms with Crippen molar-refractivity contribution in [1.82, 2.24) is 0 Å². The van der Waals surface area contributed by atoms with Crippen molar-refractivity contribution in [1.29, 1.82) is 0 Å². The monoisotopic (exact) mass is 731 g/mol. The van der Waals surface area contributed by atoms with E-state index in [9.17, 15) is 9.59 Å². The minimum atomic E-state index is -0.538. The van der Waals surface area contributed by atoms with Crippen molar-refractivity contribution in [3.63, 3.8) is 0 Å². The first-order valence-electron chi connectivity index (χ1n) is 22.5. The average molecular weight is 731 g/mol. The van der Waals surface area contributed by atoms with E-state index in [-0.39, 0.29) is 25.2 Å². The van der Waals surface area contributed by atoms with E-state index in [0.717, 1.165) is 70.6 Å². The Hall–Kier alpha value is -1.88. The zero-order chi connectivity index (χ0) is 37.8. The molecule has 0 aromatic carbocycles. The maximum Gasteiger partial charge on any atom is 0.306 e. The van der Waals surface area contributed by atoms with E-state index in [1.165, 1.54) is 122 Å². The molecule has 1 atom stereocenters. The van der Waals surface area contributed by atoms with Crippen LogP contribution in [0.2, 0.25) is 0 Å². The highest BCUT2D eigenvalue weighted by atomic mass is 16.6. The Kier molecular flexibility index (Phi) is 42.0. The molecule has 0 amide bonds. The van der Waals surface area contributed by atoms with Crippen LogP contribution in [0, 0.1) is 0 Å². The molecule has 0 fully saturated rings. The largest absolute Gasteiger partial charge is 0.462 e. The van der Waals surface area contributed by atoms with Crippen LogP contribution in [0.25, 0.3) is 0 Å². The second-order valence-corrected chi connectivity index (χ2v) is 15.0. The molecule has 0 radical (unpaired) electrons. The minimum Gasteiger partial charge on any atom is -0.462 e. The van der Waals surface area contributed by atoms with Gasteiger partial charge in [0.15, 0.2) is 6.10 Å². The molecule has 0 aliphatic heterocycles. The molecule has 0 aromatic rings. The molecule has 0 aliphatic carbocycles. The first-order valence-corrected chi connectivity index (χ1v) is 22.5. The smallest absolute Gasteiger partial charge is 0.306 e. The molecule has 0 aliphatic rings. The number of rotatable bonds is 41. The van der Waals surface area contributed by atoms with E-state index in [1.54, 1.807) is 0 Å². The summed E-state index contributed by atoms with van der Waals surface area (Å²) in [5.41, 5.74) is 0. The summed E-state index contributed by atoms with van der Waals surface area (Å²) in [6, 6.07) is 0. The van der Waals surface area contributed by atoms with E-state index in [0.29, 0.717) is 19.4 Å². The highest BCUT2D eigenvalue weighted by Crippen LogP contribution is 2.13. The molecule has 0 rings (SSSR count). The van der Waals surface area contributed by atoms with E-state index in [2.05, 4.69) is 57.2 Å². The van der Waals surface area contributed by atoms with Gasteiger partial charge in [-0.15, -0.1) is 0 Å². The third kappa shape index (κ3) is 40.9. The van der Waals surface area contributed by atoms with Gasteiger partial charge in [0.1, 0.15) is 6.61 Å². The Balaban J connectivity index is 4.26. The molecule has 0 saturated heterocycles. The van der Waals surface area contributed by atoms with E-state index < -0.39 is 6.10 Å². The van der Waals surface area contributed by atoms with Crippen LogP contribution < -0.4 is 0 Å². The number of carbonyl (C=O) groups excluding carboxylic acids is 2. The molecule has 0 saturated carbocycles. The van der Waals surface area contributed by atoms with Crippen LogP contribution in [0.1, 0.15) is 226 Å². The second-order valence-electron chi connectivity index (χ2n) is 15.0. The van der Waals surface area contributed by atoms with Crippen LogP contribution in [-0.2, 0) is 23.8 Å². The van der Waals surface area contributed by atoms with E-state index >= 15 is 0 Å². The van der Waals surface area contributed by atoms with Gasteiger partial charge in [-0.1, -0.05) is 179 Å². The predicted octanol–water partition coefficient (Wildman–Crippen LogP) is 14.7. The lowest BCUT2D eigenvalue weighted by molar-refractivity contribution is -0.163. The molecular weight excluding hydrogens is 645 g/mol. The van der Waals surface area contributed by atoms with Gasteiger partial charge in [0, 0.05) is 19.4 Å². The van der Waals surface area contributed by atoms with Crippen LogP contribution in [0.3, 0.4) is 0 Å². The summed E-state index contributed by atoms with van der Waals surface area (Å²) in [6.07, 6.45) is 49.9. The van der Waals surface area contributed by atoms with Crippen LogP contribution in [0.5, 0.6) is 0 Å². The van der Waals surface area contributed by atoms with Gasteiger partial charge in [0.05, 0.1) is 6.61 Å². The Morgan fingerprint density at radius 3 is 1.38 bits per heavy atom. The average Bonchev–Trinajstić information content (AvgIpc) is 3.14. The van der Waals surface area contributed by atoms with Crippen LogP contribution in [0.4, 0.5) is 0 Å². The van der Waals surface area contributed by atoms with Gasteiger partial charge in [-0.3, -0.25) is 9.59 Å². The highest BCUT2D eigenvalue weighted by Gasteiger charge is 2.17. The Bertz CT molecular complexity index is 832. The quantitative estimate of drug-likeness (QED) is 0.0356. The number of hydrogen-bond acceptors (Lipinski definition) is 5. The Morgan fingerprint density at radius 2 is 0.846 bits per heavy atom. The van der Waals surface area contributed by atoms with Crippen molar-refractivity contribution in [3.8, 4) is 0 Å². The number of esters is 2. The second kappa shape index (κ2) is 43.5. The molecule has 1 unspecified atom stereocenters. The van der Waals surface area contributed by atoms with Gasteiger partial charge >= 0.3 is 11.9 Å². The Morgan fingerprint density at radius 1 is 0.423 bits per heavy atom. The SMILES string of the molecule is CCC/C=C\C/C=C\CCCCCCCC(=O)OCC(COCCCCCCCCCCCC)OC(=O)CCCCCCC/C=C\CCCCCC. The van der Waals surface area contributed by atoms with Crippen molar-refractivity contribution in [2.45, 2.75) is 232 Å². The lowest BCUT2D eigenvalue weighted by atomic mass is 10.1. The number of hydrogen-bond donors (Lipinski definition) is 0. The zero-order valence-corrected chi connectivity index (χ0v) is 34.8. The molecule has 0 spiro atoms. The summed E-state index contributed by atoms with van der Waals surface area (Å²) in [5.74, 6) is -0.418. The molecule has 0 bridgehead atoms. The Labute approximate surface area is 323 Å². The summed E-state index contributed by atoms with van der Waals surface area (Å²) in [5, 5.41) is 0. The van der Waals surface area contributed by atoms with E-state index in [1.807, 2.05) is 0 Å². The van der Waals surface area contributed by atoms with Gasteiger partial charge in [-0.2, -0.15) is 0 Å². The number of carbonyl (C=O) groups is 2. The van der Waals surface area contributed by atoms with Crippen molar-refractivity contribution in [3.05, 3.63) is 36.5 Å². The fourth-order valence-electron chi connectivity index (χ4n) is 6.25. The summed E-state index contributed by atoms with van der Waals surface area (Å²) < 4.78 is 17.3. The molecule has 5 nitrogen and oxygen atoms in total. The molecular formula is C47H86O5. The summed E-state index contributed by atoms with van der Waals surface area (Å²) >= 11 is 0. The molecule has 304 valence electrons. The van der Waals surface area contributed by atoms with Gasteiger partial charge in [0.2, 0.25) is 0 Å². The van der Waals surface area contributed by atoms with Gasteiger partial charge in [-0.05, 0) is 70.6 Å². The molecule has 0 heterocycles. The molecule has 52 heavy (non-hydrogen) atoms. The van der Waals surface area contributed by atoms with Gasteiger partial charge in [0.25, 0.3) is 0 Å². The third-order valence-corrected chi connectivity index (χ3v) is 9.63. The summed E-state index contributed by atoms with van der Waals surface area (Å²) in [6.45, 7) is 7.73. The predicted molar refractivity (Wildman–Crippen MR) is 224 cm³/mol. The third-order valence-electron chi connectivity index (χ3n) is 9.63. The molecule has 5 heteroatoms. The lowest BCUT2D eigenvalue weighted by Crippen LogP contribution is -2.30. The van der Waals surface area contributed by atoms with Crippen LogP contribution in [0.15, 0.2) is 36.5 Å². The minimum absolute atomic E-state index is 0.0781. The highest BCUT2D eigenvalue weighted by molar-refractivity contribution is 5.70. The summed E-state index contributed by atoms with van der Waals surface area (Å²) in [4.78, 5) is 25.2. The van der Waals surface area contributed by atoms with Crippen LogP contribution >= 0.6 is 0 Å². The lowest BCUT2D eigenvalue weighted by Gasteiger charge is -2.18. The van der Waals surface area contributed by atoms with Crippen molar-refractivity contribution < 1.29 is 23.8 Å². The standard InChI is InChI=1S/C47H86O5/c1-4-7-10-13-16-19-22-24-26-28-31-34-37-40-46(48)51-44-45(43-50-42-39-36-33-30-21-18-15-12-9-6-3)52-47(49)41-38-35-32-29-27-25-23-20-17-14-11-8-5-2/h10,13,19-20,22-23,45H,4-9,11-12,14-18,21,24-44H2,1-3H3/b13-10-,22-19-,23-20-. The van der Waals surface area contributed by atoms with Gasteiger partial charge < -0.3 is 14.2 Å². The van der Waals surface area contributed by atoms with Crippen molar-refractivity contribution >= 4 is 11.9 Å². The van der Waals surface area contributed by atoms with Crippen molar-refractivity contribution in [2.24, 2.45) is 0 Å². The fraction of sp³-hybridized carbons (Fsp3) is 0.830. The first kappa shape index (κ1) is 50.1. The van der Waals surface area contributed by atoms with Crippen molar-refractivity contribution in [2.75, 3.05) is 19.8 Å². The van der Waals surface area contributed by atoms with Crippen LogP contribution in [-0.4, -0.2) is 37.9 Å². The normalized spacial score (nSPS) is 12.4. The summed E-state index contributed by atoms with van der Waals surface area (Å²) in [7, 11) is 0. The number of unbranched alkanes of at least 4 members (excludes halogenated alkanes) is 24. The molecule has 0 aromatic heterocycles. The maximum absolute atomic E-state index is 12.7. The first-order chi connectivity index (χ1) is 25.6. The topological polar surface area (TPSA) is 61.8 Å².